The number of ether oxygens (including phenoxy) is 2. The van der Waals surface area contributed by atoms with Gasteiger partial charge in [-0.3, -0.25) is 0 Å². The van der Waals surface area contributed by atoms with Gasteiger partial charge in [-0.25, -0.2) is 14.4 Å². The molecule has 0 saturated heterocycles. The zero-order valence-electron chi connectivity index (χ0n) is 14.1. The fourth-order valence-corrected chi connectivity index (χ4v) is 3.23. The summed E-state index contributed by atoms with van der Waals surface area (Å²) in [5.74, 6) is -3.72. The summed E-state index contributed by atoms with van der Waals surface area (Å²) >= 11 is 17.9. The van der Waals surface area contributed by atoms with Crippen molar-refractivity contribution in [3.05, 3.63) is 26.7 Å². The quantitative estimate of drug-likeness (QED) is 0.314. The van der Waals surface area contributed by atoms with E-state index in [0.717, 1.165) is 6.07 Å². The first-order chi connectivity index (χ1) is 12.1. The Morgan fingerprint density at radius 2 is 1.81 bits per heavy atom. The molecule has 1 aromatic carbocycles. The van der Waals surface area contributed by atoms with Crippen LogP contribution < -0.4 is 4.74 Å². The van der Waals surface area contributed by atoms with Gasteiger partial charge in [-0.2, -0.15) is 0 Å². The molecule has 1 N–H and O–H groups in total. The topological polar surface area (TPSA) is 89.9 Å². The van der Waals surface area contributed by atoms with Crippen LogP contribution in [0.25, 0.3) is 0 Å². The third kappa shape index (κ3) is 4.81. The van der Waals surface area contributed by atoms with Crippen LogP contribution in [0.4, 0.5) is 0 Å². The van der Waals surface area contributed by atoms with Crippen molar-refractivity contribution in [1.82, 2.24) is 0 Å². The lowest BCUT2D eigenvalue weighted by molar-refractivity contribution is -0.158. The molecule has 1 aromatic rings. The van der Waals surface area contributed by atoms with E-state index in [4.69, 9.17) is 44.6 Å². The Bertz CT molecular complexity index is 745. The number of carboxylic acid groups (broad SMARTS) is 1. The normalized spacial score (nSPS) is 15.9. The molecule has 9 heteroatoms. The monoisotopic (exact) mass is 422 g/mol. The third-order valence-electron chi connectivity index (χ3n) is 4.44. The number of carbonyl (C=O) groups excluding carboxylic acids is 2. The van der Waals surface area contributed by atoms with Crippen molar-refractivity contribution in [3.8, 4) is 5.75 Å². The van der Waals surface area contributed by atoms with Gasteiger partial charge in [0.25, 0.3) is 0 Å². The van der Waals surface area contributed by atoms with Gasteiger partial charge in [0.05, 0.1) is 21.7 Å². The van der Waals surface area contributed by atoms with E-state index in [1.165, 1.54) is 12.8 Å². The predicted octanol–water partition coefficient (Wildman–Crippen LogP) is 4.48. The highest BCUT2D eigenvalue weighted by molar-refractivity contribution is 6.46. The second-order valence-corrected chi connectivity index (χ2v) is 7.52. The number of hydrogen-bond donors (Lipinski definition) is 1. The first-order valence-corrected chi connectivity index (χ1v) is 9.06. The minimum atomic E-state index is -1.85. The SMILES string of the molecule is CC(COC(=O)c1c(Cl)c(Cl)cc(Cl)c1OC(=O)C(=O)O)C(C)C1CC1. The summed E-state index contributed by atoms with van der Waals surface area (Å²) in [5.41, 5.74) is -0.384. The molecule has 0 amide bonds. The van der Waals surface area contributed by atoms with Crippen LogP contribution in [0.2, 0.25) is 15.1 Å². The van der Waals surface area contributed by atoms with Gasteiger partial charge < -0.3 is 14.6 Å². The van der Waals surface area contributed by atoms with E-state index >= 15 is 0 Å². The molecule has 0 aromatic heterocycles. The van der Waals surface area contributed by atoms with Gasteiger partial charge in [0.2, 0.25) is 0 Å². The largest absolute Gasteiger partial charge is 0.473 e. The van der Waals surface area contributed by atoms with Crippen molar-refractivity contribution >= 4 is 52.7 Å². The number of esters is 2. The minimum absolute atomic E-state index is 0.0573. The molecular weight excluding hydrogens is 407 g/mol. The summed E-state index contributed by atoms with van der Waals surface area (Å²) in [6.45, 7) is 4.19. The van der Waals surface area contributed by atoms with E-state index in [1.54, 1.807) is 0 Å². The number of rotatable bonds is 6. The van der Waals surface area contributed by atoms with Gasteiger partial charge in [-0.05, 0) is 36.7 Å². The maximum atomic E-state index is 12.5. The Kier molecular flexibility index (Phi) is 6.77. The molecule has 2 rings (SSSR count). The fraction of sp³-hybridized carbons (Fsp3) is 0.471. The zero-order valence-corrected chi connectivity index (χ0v) is 16.3. The standard InChI is InChI=1S/C17H17Cl3O6/c1-7(8(2)9-3-4-9)6-25-16(23)12-13(20)10(18)5-11(19)14(12)26-17(24)15(21)22/h5,7-9H,3-4,6H2,1-2H3,(H,21,22). The summed E-state index contributed by atoms with van der Waals surface area (Å²) < 4.78 is 9.97. The molecule has 2 unspecified atom stereocenters. The van der Waals surface area contributed by atoms with Gasteiger partial charge in [0.15, 0.2) is 5.75 Å². The van der Waals surface area contributed by atoms with Crippen molar-refractivity contribution < 1.29 is 29.0 Å². The first-order valence-electron chi connectivity index (χ1n) is 7.93. The van der Waals surface area contributed by atoms with Crippen molar-refractivity contribution in [1.29, 1.82) is 0 Å². The molecule has 6 nitrogen and oxygen atoms in total. The van der Waals surface area contributed by atoms with Crippen LogP contribution in [0.3, 0.4) is 0 Å². The van der Waals surface area contributed by atoms with Gasteiger partial charge in [0, 0.05) is 0 Å². The molecule has 0 aliphatic heterocycles. The van der Waals surface area contributed by atoms with Crippen molar-refractivity contribution in [2.24, 2.45) is 17.8 Å². The Hall–Kier alpha value is -1.50. The molecule has 0 spiro atoms. The summed E-state index contributed by atoms with van der Waals surface area (Å²) in [6.07, 6.45) is 2.34. The molecule has 1 fully saturated rings. The molecule has 2 atom stereocenters. The number of halogens is 3. The van der Waals surface area contributed by atoms with E-state index in [2.05, 4.69) is 11.7 Å². The van der Waals surface area contributed by atoms with Crippen LogP contribution in [0.1, 0.15) is 37.0 Å². The summed E-state index contributed by atoms with van der Waals surface area (Å²) in [7, 11) is 0. The first kappa shape index (κ1) is 20.8. The molecule has 0 radical (unpaired) electrons. The summed E-state index contributed by atoms with van der Waals surface area (Å²) in [5, 5.41) is 8.16. The number of hydrogen-bond acceptors (Lipinski definition) is 5. The molecule has 0 bridgehead atoms. The summed E-state index contributed by atoms with van der Waals surface area (Å²) in [6, 6.07) is 1.14. The maximum absolute atomic E-state index is 12.5. The van der Waals surface area contributed by atoms with E-state index in [1.807, 2.05) is 6.92 Å². The smallest absolute Gasteiger partial charge is 0.422 e. The highest BCUT2D eigenvalue weighted by atomic mass is 35.5. The zero-order chi connectivity index (χ0) is 19.6. The van der Waals surface area contributed by atoms with Crippen LogP contribution in [0, 0.1) is 17.8 Å². The van der Waals surface area contributed by atoms with E-state index in [9.17, 15) is 14.4 Å². The predicted molar refractivity (Wildman–Crippen MR) is 96.1 cm³/mol. The molecular formula is C17H17Cl3O6. The van der Waals surface area contributed by atoms with Gasteiger partial charge >= 0.3 is 17.9 Å². The molecule has 142 valence electrons. The van der Waals surface area contributed by atoms with E-state index in [-0.39, 0.29) is 33.2 Å². The van der Waals surface area contributed by atoms with Gasteiger partial charge in [-0.1, -0.05) is 48.7 Å². The van der Waals surface area contributed by atoms with E-state index in [0.29, 0.717) is 11.8 Å². The minimum Gasteiger partial charge on any atom is -0.473 e. The average molecular weight is 424 g/mol. The average Bonchev–Trinajstić information content (AvgIpc) is 3.41. The molecule has 1 aliphatic rings. The number of carboxylic acids is 1. The molecule has 0 heterocycles. The Balaban J connectivity index is 2.23. The molecule has 26 heavy (non-hydrogen) atoms. The highest BCUT2D eigenvalue weighted by Gasteiger charge is 2.33. The van der Waals surface area contributed by atoms with Crippen LogP contribution >= 0.6 is 34.8 Å². The Morgan fingerprint density at radius 1 is 1.19 bits per heavy atom. The number of carbonyl (C=O) groups is 3. The number of aliphatic carboxylic acids is 1. The third-order valence-corrected chi connectivity index (χ3v) is 5.51. The second-order valence-electron chi connectivity index (χ2n) is 6.33. The van der Waals surface area contributed by atoms with Crippen LogP contribution in [-0.2, 0) is 14.3 Å². The van der Waals surface area contributed by atoms with Gasteiger partial charge in [-0.15, -0.1) is 0 Å². The lowest BCUT2D eigenvalue weighted by Gasteiger charge is -2.20. The van der Waals surface area contributed by atoms with Crippen molar-refractivity contribution in [2.75, 3.05) is 6.61 Å². The summed E-state index contributed by atoms with van der Waals surface area (Å²) in [4.78, 5) is 34.6. The van der Waals surface area contributed by atoms with Crippen LogP contribution in [0.5, 0.6) is 5.75 Å². The maximum Gasteiger partial charge on any atom is 0.422 e. The van der Waals surface area contributed by atoms with Crippen molar-refractivity contribution in [3.63, 3.8) is 0 Å². The lowest BCUT2D eigenvalue weighted by atomic mass is 9.92. The lowest BCUT2D eigenvalue weighted by Crippen LogP contribution is -2.22. The molecule has 1 aliphatic carbocycles. The van der Waals surface area contributed by atoms with Crippen LogP contribution in [0.15, 0.2) is 6.07 Å². The van der Waals surface area contributed by atoms with Gasteiger partial charge in [0.1, 0.15) is 5.56 Å². The second kappa shape index (κ2) is 8.46. The Labute approximate surface area is 165 Å². The van der Waals surface area contributed by atoms with Crippen molar-refractivity contribution in [2.45, 2.75) is 26.7 Å². The fourth-order valence-electron chi connectivity index (χ4n) is 2.51. The van der Waals surface area contributed by atoms with E-state index < -0.39 is 23.7 Å². The molecule has 1 saturated carbocycles. The van der Waals surface area contributed by atoms with Crippen LogP contribution in [-0.4, -0.2) is 29.6 Å². The highest BCUT2D eigenvalue weighted by Crippen LogP contribution is 2.41. The Morgan fingerprint density at radius 3 is 2.35 bits per heavy atom. The number of benzene rings is 1.